The first-order valence-electron chi connectivity index (χ1n) is 5.88. The number of hydrogen-bond donors (Lipinski definition) is 0. The van der Waals surface area contributed by atoms with Gasteiger partial charge in [0, 0.05) is 0 Å². The Labute approximate surface area is 100 Å². The van der Waals surface area contributed by atoms with E-state index in [2.05, 4.69) is 6.92 Å². The van der Waals surface area contributed by atoms with Gasteiger partial charge in [0.1, 0.15) is 0 Å². The SMILES string of the molecule is CCCCC/C=C/c1cccc(C(F)(F)F)c1. The van der Waals surface area contributed by atoms with Crippen molar-refractivity contribution in [2.75, 3.05) is 0 Å². The summed E-state index contributed by atoms with van der Waals surface area (Å²) in [6, 6.07) is 5.39. The van der Waals surface area contributed by atoms with Gasteiger partial charge in [-0.3, -0.25) is 0 Å². The van der Waals surface area contributed by atoms with Crippen LogP contribution in [-0.4, -0.2) is 0 Å². The maximum absolute atomic E-state index is 12.4. The van der Waals surface area contributed by atoms with Crippen molar-refractivity contribution in [3.8, 4) is 0 Å². The Morgan fingerprint density at radius 3 is 2.59 bits per heavy atom. The van der Waals surface area contributed by atoms with Crippen LogP contribution < -0.4 is 0 Å². The zero-order valence-corrected chi connectivity index (χ0v) is 9.93. The summed E-state index contributed by atoms with van der Waals surface area (Å²) in [6.07, 6.45) is 3.75. The molecule has 0 aliphatic carbocycles. The van der Waals surface area contributed by atoms with E-state index in [9.17, 15) is 13.2 Å². The van der Waals surface area contributed by atoms with Crippen LogP contribution in [0.15, 0.2) is 30.3 Å². The number of benzene rings is 1. The van der Waals surface area contributed by atoms with Crippen LogP contribution in [0, 0.1) is 0 Å². The van der Waals surface area contributed by atoms with Crippen molar-refractivity contribution >= 4 is 6.08 Å². The average molecular weight is 242 g/mol. The summed E-state index contributed by atoms with van der Waals surface area (Å²) in [5.74, 6) is 0. The Morgan fingerprint density at radius 2 is 1.94 bits per heavy atom. The highest BCUT2D eigenvalue weighted by Crippen LogP contribution is 2.29. The molecule has 0 aliphatic rings. The molecule has 17 heavy (non-hydrogen) atoms. The summed E-state index contributed by atoms with van der Waals surface area (Å²) in [4.78, 5) is 0. The molecule has 1 aromatic carbocycles. The van der Waals surface area contributed by atoms with Crippen LogP contribution >= 0.6 is 0 Å². The molecule has 0 nitrogen and oxygen atoms in total. The fraction of sp³-hybridized carbons (Fsp3) is 0.429. The van der Waals surface area contributed by atoms with Crippen LogP contribution in [0.2, 0.25) is 0 Å². The van der Waals surface area contributed by atoms with Crippen LogP contribution in [0.4, 0.5) is 13.2 Å². The van der Waals surface area contributed by atoms with Gasteiger partial charge in [-0.2, -0.15) is 13.2 Å². The van der Waals surface area contributed by atoms with Gasteiger partial charge in [-0.15, -0.1) is 0 Å². The minimum atomic E-state index is -4.26. The number of rotatable bonds is 5. The Bertz CT molecular complexity index is 364. The van der Waals surface area contributed by atoms with E-state index >= 15 is 0 Å². The highest BCUT2D eigenvalue weighted by molar-refractivity contribution is 5.50. The van der Waals surface area contributed by atoms with E-state index in [4.69, 9.17) is 0 Å². The number of halogens is 3. The second-order valence-corrected chi connectivity index (χ2v) is 4.02. The summed E-state index contributed by atoms with van der Waals surface area (Å²) in [6.45, 7) is 2.12. The maximum atomic E-state index is 12.4. The number of alkyl halides is 3. The Balaban J connectivity index is 2.60. The second-order valence-electron chi connectivity index (χ2n) is 4.02. The highest BCUT2D eigenvalue weighted by Gasteiger charge is 2.30. The topological polar surface area (TPSA) is 0 Å². The predicted molar refractivity (Wildman–Crippen MR) is 64.6 cm³/mol. The smallest absolute Gasteiger partial charge is 0.166 e. The number of hydrogen-bond acceptors (Lipinski definition) is 0. The molecule has 0 N–H and O–H groups in total. The number of allylic oxidation sites excluding steroid dienone is 1. The van der Waals surface area contributed by atoms with E-state index in [0.717, 1.165) is 31.7 Å². The standard InChI is InChI=1S/C14H17F3/c1-2-3-4-5-6-8-12-9-7-10-13(11-12)14(15,16)17/h6-11H,2-5H2,1H3/b8-6+. The van der Waals surface area contributed by atoms with Gasteiger partial charge in [-0.05, 0) is 30.5 Å². The minimum Gasteiger partial charge on any atom is -0.166 e. The molecule has 1 aromatic rings. The van der Waals surface area contributed by atoms with E-state index in [1.54, 1.807) is 12.1 Å². The molecule has 1 rings (SSSR count). The lowest BCUT2D eigenvalue weighted by molar-refractivity contribution is -0.137. The molecule has 0 atom stereocenters. The molecule has 0 radical (unpaired) electrons. The molecule has 0 saturated carbocycles. The van der Waals surface area contributed by atoms with Crippen LogP contribution in [0.5, 0.6) is 0 Å². The Morgan fingerprint density at radius 1 is 1.18 bits per heavy atom. The largest absolute Gasteiger partial charge is 0.416 e. The van der Waals surface area contributed by atoms with Gasteiger partial charge < -0.3 is 0 Å². The van der Waals surface area contributed by atoms with Crippen LogP contribution in [0.3, 0.4) is 0 Å². The first-order chi connectivity index (χ1) is 8.04. The van der Waals surface area contributed by atoms with Crippen molar-refractivity contribution in [2.45, 2.75) is 38.8 Å². The second kappa shape index (κ2) is 6.48. The summed E-state index contributed by atoms with van der Waals surface area (Å²) >= 11 is 0. The normalized spacial score (nSPS) is 12.2. The molecular weight excluding hydrogens is 225 g/mol. The van der Waals surface area contributed by atoms with E-state index in [0.29, 0.717) is 5.56 Å². The fourth-order valence-electron chi connectivity index (χ4n) is 1.55. The van der Waals surface area contributed by atoms with Gasteiger partial charge in [0.05, 0.1) is 5.56 Å². The monoisotopic (exact) mass is 242 g/mol. The summed E-state index contributed by atoms with van der Waals surface area (Å²) < 4.78 is 37.3. The van der Waals surface area contributed by atoms with E-state index < -0.39 is 11.7 Å². The van der Waals surface area contributed by atoms with Gasteiger partial charge in [0.2, 0.25) is 0 Å². The molecule has 0 unspecified atom stereocenters. The fourth-order valence-corrected chi connectivity index (χ4v) is 1.55. The lowest BCUT2D eigenvalue weighted by Crippen LogP contribution is -2.04. The van der Waals surface area contributed by atoms with E-state index in [-0.39, 0.29) is 0 Å². The van der Waals surface area contributed by atoms with Crippen molar-refractivity contribution in [3.05, 3.63) is 41.5 Å². The third kappa shape index (κ3) is 5.07. The van der Waals surface area contributed by atoms with E-state index in [1.165, 1.54) is 12.1 Å². The van der Waals surface area contributed by atoms with Gasteiger partial charge in [0.15, 0.2) is 0 Å². The third-order valence-electron chi connectivity index (χ3n) is 2.50. The minimum absolute atomic E-state index is 0.590. The lowest BCUT2D eigenvalue weighted by Gasteiger charge is -2.06. The molecule has 0 fully saturated rings. The molecule has 0 aliphatic heterocycles. The first-order valence-corrected chi connectivity index (χ1v) is 5.88. The van der Waals surface area contributed by atoms with Crippen LogP contribution in [0.1, 0.15) is 43.7 Å². The molecular formula is C14H17F3. The van der Waals surface area contributed by atoms with Gasteiger partial charge >= 0.3 is 6.18 Å². The van der Waals surface area contributed by atoms with E-state index in [1.807, 2.05) is 6.08 Å². The molecule has 0 amide bonds. The average Bonchev–Trinajstić information content (AvgIpc) is 2.28. The quantitative estimate of drug-likeness (QED) is 0.615. The van der Waals surface area contributed by atoms with Crippen molar-refractivity contribution < 1.29 is 13.2 Å². The molecule has 3 heteroatoms. The Hall–Kier alpha value is -1.25. The zero-order valence-electron chi connectivity index (χ0n) is 9.93. The van der Waals surface area contributed by atoms with Crippen molar-refractivity contribution in [2.24, 2.45) is 0 Å². The maximum Gasteiger partial charge on any atom is 0.416 e. The van der Waals surface area contributed by atoms with Gasteiger partial charge in [-0.1, -0.05) is 44.1 Å². The Kier molecular flexibility index (Phi) is 5.26. The summed E-state index contributed by atoms with van der Waals surface area (Å²) in [5, 5.41) is 0. The van der Waals surface area contributed by atoms with Gasteiger partial charge in [0.25, 0.3) is 0 Å². The summed E-state index contributed by atoms with van der Waals surface area (Å²) in [7, 11) is 0. The molecule has 0 heterocycles. The first kappa shape index (κ1) is 13.8. The molecule has 0 aromatic heterocycles. The molecule has 0 bridgehead atoms. The highest BCUT2D eigenvalue weighted by atomic mass is 19.4. The van der Waals surface area contributed by atoms with Crippen molar-refractivity contribution in [1.29, 1.82) is 0 Å². The summed E-state index contributed by atoms with van der Waals surface area (Å²) in [5.41, 5.74) is 0.0181. The van der Waals surface area contributed by atoms with Crippen molar-refractivity contribution in [1.82, 2.24) is 0 Å². The molecule has 94 valence electrons. The molecule has 0 spiro atoms. The van der Waals surface area contributed by atoms with Crippen LogP contribution in [0.25, 0.3) is 6.08 Å². The third-order valence-corrected chi connectivity index (χ3v) is 2.50. The number of unbranched alkanes of at least 4 members (excludes halogenated alkanes) is 3. The van der Waals surface area contributed by atoms with Crippen LogP contribution in [-0.2, 0) is 6.18 Å². The zero-order chi connectivity index (χ0) is 12.7. The van der Waals surface area contributed by atoms with Gasteiger partial charge in [-0.25, -0.2) is 0 Å². The van der Waals surface area contributed by atoms with Crippen molar-refractivity contribution in [3.63, 3.8) is 0 Å². The molecule has 0 saturated heterocycles. The lowest BCUT2D eigenvalue weighted by atomic mass is 10.1. The predicted octanol–water partition coefficient (Wildman–Crippen LogP) is 5.30.